The first-order valence-corrected chi connectivity index (χ1v) is 9.26. The van der Waals surface area contributed by atoms with Crippen molar-refractivity contribution >= 4 is 29.3 Å². The predicted molar refractivity (Wildman–Crippen MR) is 108 cm³/mol. The van der Waals surface area contributed by atoms with Crippen molar-refractivity contribution in [2.45, 2.75) is 13.0 Å². The second-order valence-electron chi connectivity index (χ2n) is 6.56. The van der Waals surface area contributed by atoms with Crippen molar-refractivity contribution in [1.82, 2.24) is 4.90 Å². The zero-order valence-electron chi connectivity index (χ0n) is 16.2. The van der Waals surface area contributed by atoms with Gasteiger partial charge < -0.3 is 15.2 Å². The maximum absolute atomic E-state index is 12.3. The Morgan fingerprint density at radius 2 is 1.70 bits per heavy atom. The Bertz CT molecular complexity index is 998. The van der Waals surface area contributed by atoms with Gasteiger partial charge in [0.15, 0.2) is 6.10 Å². The van der Waals surface area contributed by atoms with Crippen molar-refractivity contribution in [3.8, 4) is 0 Å². The summed E-state index contributed by atoms with van der Waals surface area (Å²) in [5.74, 6) is -2.00. The molecule has 0 saturated carbocycles. The van der Waals surface area contributed by atoms with E-state index in [4.69, 9.17) is 9.84 Å². The summed E-state index contributed by atoms with van der Waals surface area (Å²) in [5, 5.41) is 11.7. The van der Waals surface area contributed by atoms with Crippen molar-refractivity contribution in [1.29, 1.82) is 0 Å². The highest BCUT2D eigenvalue weighted by atomic mass is 16.5. The summed E-state index contributed by atoms with van der Waals surface area (Å²) in [7, 11) is 0. The van der Waals surface area contributed by atoms with Gasteiger partial charge >= 0.3 is 5.97 Å². The van der Waals surface area contributed by atoms with E-state index >= 15 is 0 Å². The number of anilines is 1. The number of imide groups is 1. The topological polar surface area (TPSA) is 113 Å². The maximum atomic E-state index is 12.3. The number of hydrogen-bond acceptors (Lipinski definition) is 7. The van der Waals surface area contributed by atoms with Gasteiger partial charge in [0.2, 0.25) is 5.78 Å². The fourth-order valence-corrected chi connectivity index (χ4v) is 2.87. The van der Waals surface area contributed by atoms with Gasteiger partial charge in [-0.25, -0.2) is 4.79 Å². The SMILES string of the molecule is CC(OC(=O)c1ccc(NC2=CC(=O)N(CCO)C2=O)cc1)C(=O)c1ccccc1. The number of aliphatic hydroxyl groups excluding tert-OH is 1. The molecule has 1 aliphatic rings. The molecule has 2 amide bonds. The number of ether oxygens (including phenoxy) is 1. The van der Waals surface area contributed by atoms with Gasteiger partial charge in [0.05, 0.1) is 18.7 Å². The van der Waals surface area contributed by atoms with Crippen molar-refractivity contribution in [2.75, 3.05) is 18.5 Å². The summed E-state index contributed by atoms with van der Waals surface area (Å²) >= 11 is 0. The molecule has 0 saturated heterocycles. The Hall–Kier alpha value is -3.78. The Balaban J connectivity index is 1.61. The number of carbonyl (C=O) groups is 4. The number of ketones is 1. The molecular weight excluding hydrogens is 388 g/mol. The fourth-order valence-electron chi connectivity index (χ4n) is 2.87. The standard InChI is InChI=1S/C22H20N2O6/c1-14(20(27)15-5-3-2-4-6-15)30-22(29)16-7-9-17(10-8-16)23-18-13-19(26)24(11-12-25)21(18)28/h2-10,13-14,23,25H,11-12H2,1H3. The number of nitrogens with zero attached hydrogens (tertiary/aromatic N) is 1. The lowest BCUT2D eigenvalue weighted by atomic mass is 10.1. The predicted octanol–water partition coefficient (Wildman–Crippen LogP) is 1.77. The normalized spacial score (nSPS) is 14.3. The van der Waals surface area contributed by atoms with Crippen LogP contribution in [0.3, 0.4) is 0 Å². The highest BCUT2D eigenvalue weighted by molar-refractivity contribution is 6.17. The quantitative estimate of drug-likeness (QED) is 0.389. The third-order valence-electron chi connectivity index (χ3n) is 4.44. The van der Waals surface area contributed by atoms with Gasteiger partial charge in [-0.15, -0.1) is 0 Å². The van der Waals surface area contributed by atoms with Gasteiger partial charge in [-0.05, 0) is 31.2 Å². The van der Waals surface area contributed by atoms with E-state index in [9.17, 15) is 19.2 Å². The van der Waals surface area contributed by atoms with Crippen LogP contribution in [0.2, 0.25) is 0 Å². The second-order valence-corrected chi connectivity index (χ2v) is 6.56. The van der Waals surface area contributed by atoms with Crippen molar-refractivity contribution in [2.24, 2.45) is 0 Å². The second kappa shape index (κ2) is 9.15. The molecule has 154 valence electrons. The third kappa shape index (κ3) is 4.61. The number of benzene rings is 2. The zero-order chi connectivity index (χ0) is 21.7. The number of rotatable bonds is 8. The van der Waals surface area contributed by atoms with Crippen molar-refractivity contribution in [3.05, 3.63) is 77.5 Å². The number of hydrogen-bond donors (Lipinski definition) is 2. The summed E-state index contributed by atoms with van der Waals surface area (Å²) in [4.78, 5) is 49.5. The molecule has 8 nitrogen and oxygen atoms in total. The lowest BCUT2D eigenvalue weighted by Crippen LogP contribution is -2.34. The van der Waals surface area contributed by atoms with Crippen LogP contribution in [0.1, 0.15) is 27.6 Å². The minimum atomic E-state index is -0.942. The van der Waals surface area contributed by atoms with Crippen LogP contribution in [0, 0.1) is 0 Å². The summed E-state index contributed by atoms with van der Waals surface area (Å²) in [6.45, 7) is 1.11. The smallest absolute Gasteiger partial charge is 0.338 e. The Labute approximate surface area is 172 Å². The van der Waals surface area contributed by atoms with Gasteiger partial charge in [-0.3, -0.25) is 19.3 Å². The van der Waals surface area contributed by atoms with Crippen molar-refractivity contribution < 1.29 is 29.0 Å². The van der Waals surface area contributed by atoms with E-state index in [-0.39, 0.29) is 30.2 Å². The summed E-state index contributed by atoms with van der Waals surface area (Å²) in [5.41, 5.74) is 1.25. The molecule has 2 N–H and O–H groups in total. The van der Waals surface area contributed by atoms with E-state index in [1.54, 1.807) is 42.5 Å². The van der Waals surface area contributed by atoms with E-state index in [0.29, 0.717) is 11.3 Å². The van der Waals surface area contributed by atoms with E-state index < -0.39 is 23.9 Å². The van der Waals surface area contributed by atoms with Gasteiger partial charge in [0, 0.05) is 17.3 Å². The van der Waals surface area contributed by atoms with Gasteiger partial charge in [0.25, 0.3) is 11.8 Å². The number of nitrogens with one attached hydrogen (secondary N) is 1. The lowest BCUT2D eigenvalue weighted by molar-refractivity contribution is -0.137. The van der Waals surface area contributed by atoms with E-state index in [1.165, 1.54) is 19.1 Å². The van der Waals surface area contributed by atoms with E-state index in [2.05, 4.69) is 5.32 Å². The van der Waals surface area contributed by atoms with Gasteiger partial charge in [0.1, 0.15) is 5.70 Å². The summed E-state index contributed by atoms with van der Waals surface area (Å²) < 4.78 is 5.25. The van der Waals surface area contributed by atoms with Crippen LogP contribution >= 0.6 is 0 Å². The molecule has 8 heteroatoms. The molecule has 0 bridgehead atoms. The molecule has 2 aromatic carbocycles. The summed E-state index contributed by atoms with van der Waals surface area (Å²) in [6.07, 6.45) is 0.208. The van der Waals surface area contributed by atoms with Crippen LogP contribution in [-0.4, -0.2) is 52.8 Å². The maximum Gasteiger partial charge on any atom is 0.338 e. The van der Waals surface area contributed by atoms with Crippen LogP contribution in [0.4, 0.5) is 5.69 Å². The molecule has 0 aliphatic carbocycles. The molecule has 2 aromatic rings. The molecule has 1 atom stereocenters. The first-order chi connectivity index (χ1) is 14.4. The molecule has 0 aromatic heterocycles. The largest absolute Gasteiger partial charge is 0.451 e. The van der Waals surface area contributed by atoms with Crippen LogP contribution in [0.5, 0.6) is 0 Å². The van der Waals surface area contributed by atoms with Crippen molar-refractivity contribution in [3.63, 3.8) is 0 Å². The number of Topliss-reactive ketones (excluding diaryl/α,β-unsaturated/α-hetero) is 1. The Kier molecular flexibility index (Phi) is 6.38. The van der Waals surface area contributed by atoms with Crippen LogP contribution in [-0.2, 0) is 14.3 Å². The van der Waals surface area contributed by atoms with E-state index in [1.807, 2.05) is 0 Å². The fraction of sp³-hybridized carbons (Fsp3) is 0.182. The Morgan fingerprint density at radius 3 is 2.33 bits per heavy atom. The van der Waals surface area contributed by atoms with Crippen LogP contribution in [0.25, 0.3) is 0 Å². The number of aliphatic hydroxyl groups is 1. The highest BCUT2D eigenvalue weighted by Gasteiger charge is 2.30. The molecule has 1 aliphatic heterocycles. The minimum Gasteiger partial charge on any atom is -0.451 e. The van der Waals surface area contributed by atoms with E-state index in [0.717, 1.165) is 11.0 Å². The molecule has 1 heterocycles. The first-order valence-electron chi connectivity index (χ1n) is 9.26. The molecule has 0 radical (unpaired) electrons. The number of esters is 1. The van der Waals surface area contributed by atoms with Gasteiger partial charge in [-0.1, -0.05) is 30.3 Å². The first kappa shape index (κ1) is 20.9. The molecule has 1 unspecified atom stereocenters. The minimum absolute atomic E-state index is 0.0749. The Morgan fingerprint density at radius 1 is 1.03 bits per heavy atom. The van der Waals surface area contributed by atoms with Crippen LogP contribution < -0.4 is 5.32 Å². The molecule has 30 heavy (non-hydrogen) atoms. The number of β-amino-alcohol motifs (C(OH)–C–C–N with tert-alkyl or cyclic N) is 1. The van der Waals surface area contributed by atoms with Crippen LogP contribution in [0.15, 0.2) is 66.4 Å². The molecule has 0 spiro atoms. The monoisotopic (exact) mass is 408 g/mol. The zero-order valence-corrected chi connectivity index (χ0v) is 16.2. The number of amides is 2. The molecule has 0 fully saturated rings. The highest BCUT2D eigenvalue weighted by Crippen LogP contribution is 2.18. The molecule has 3 rings (SSSR count). The molecular formula is C22H20N2O6. The average Bonchev–Trinajstić information content (AvgIpc) is 3.02. The summed E-state index contributed by atoms with van der Waals surface area (Å²) in [6, 6.07) is 14.6. The lowest BCUT2D eigenvalue weighted by Gasteiger charge is -2.14. The number of carbonyl (C=O) groups excluding carboxylic acids is 4. The average molecular weight is 408 g/mol. The van der Waals surface area contributed by atoms with Gasteiger partial charge in [-0.2, -0.15) is 0 Å². The third-order valence-corrected chi connectivity index (χ3v) is 4.44.